The summed E-state index contributed by atoms with van der Waals surface area (Å²) in [6.07, 6.45) is 3.40. The second kappa shape index (κ2) is 6.98. The molecule has 0 spiro atoms. The number of unbranched alkanes of at least 4 members (excludes halogenated alkanes) is 1. The number of halogens is 2. The zero-order valence-electron chi connectivity index (χ0n) is 11.1. The van der Waals surface area contributed by atoms with Crippen molar-refractivity contribution in [3.63, 3.8) is 0 Å². The van der Waals surface area contributed by atoms with E-state index in [4.69, 9.17) is 23.2 Å². The first-order valence-corrected chi connectivity index (χ1v) is 7.52. The molecule has 0 aliphatic heterocycles. The minimum atomic E-state index is 0.124. The van der Waals surface area contributed by atoms with Crippen molar-refractivity contribution < 1.29 is 0 Å². The third-order valence-electron chi connectivity index (χ3n) is 3.26. The van der Waals surface area contributed by atoms with E-state index in [1.54, 1.807) is 0 Å². The monoisotopic (exact) mass is 292 g/mol. The minimum Gasteiger partial charge on any atom is -0.118 e. The molecule has 2 aromatic carbocycles. The van der Waals surface area contributed by atoms with Crippen LogP contribution in [0, 0.1) is 0 Å². The maximum atomic E-state index is 6.39. The first-order valence-electron chi connectivity index (χ1n) is 6.70. The Morgan fingerprint density at radius 1 is 0.895 bits per heavy atom. The fraction of sp³-hybridized carbons (Fsp3) is 0.294. The quantitative estimate of drug-likeness (QED) is 0.554. The Bertz CT molecular complexity index is 500. The second-order valence-electron chi connectivity index (χ2n) is 4.74. The summed E-state index contributed by atoms with van der Waals surface area (Å²) in [4.78, 5) is 0. The third kappa shape index (κ3) is 3.99. The summed E-state index contributed by atoms with van der Waals surface area (Å²) in [6, 6.07) is 16.4. The smallest absolute Gasteiger partial charge is 0.0585 e. The summed E-state index contributed by atoms with van der Waals surface area (Å²) < 4.78 is 0. The Balaban J connectivity index is 2.11. The number of alkyl halides is 1. The molecule has 0 saturated carbocycles. The van der Waals surface area contributed by atoms with Gasteiger partial charge in [0.05, 0.1) is 5.38 Å². The maximum Gasteiger partial charge on any atom is 0.0585 e. The van der Waals surface area contributed by atoms with Gasteiger partial charge in [0.15, 0.2) is 0 Å². The Morgan fingerprint density at radius 3 is 1.95 bits per heavy atom. The molecule has 0 radical (unpaired) electrons. The summed E-state index contributed by atoms with van der Waals surface area (Å²) in [6.45, 7) is 2.19. The van der Waals surface area contributed by atoms with Crippen molar-refractivity contribution >= 4 is 23.2 Å². The molecule has 0 saturated heterocycles. The molecular weight excluding hydrogens is 275 g/mol. The van der Waals surface area contributed by atoms with Crippen molar-refractivity contribution in [2.24, 2.45) is 0 Å². The average Bonchev–Trinajstić information content (AvgIpc) is 2.46. The lowest BCUT2D eigenvalue weighted by Gasteiger charge is -2.10. The SMILES string of the molecule is CCCCC(Cl)c1ccc(-c2ccc(Cl)cc2)cc1. The highest BCUT2D eigenvalue weighted by Crippen LogP contribution is 2.29. The molecule has 0 aliphatic carbocycles. The van der Waals surface area contributed by atoms with Crippen molar-refractivity contribution in [2.45, 2.75) is 31.6 Å². The molecule has 1 atom stereocenters. The molecule has 0 bridgehead atoms. The van der Waals surface area contributed by atoms with Crippen LogP contribution < -0.4 is 0 Å². The van der Waals surface area contributed by atoms with E-state index in [0.29, 0.717) is 0 Å². The van der Waals surface area contributed by atoms with Gasteiger partial charge in [0.25, 0.3) is 0 Å². The topological polar surface area (TPSA) is 0 Å². The van der Waals surface area contributed by atoms with Gasteiger partial charge in [-0.15, -0.1) is 11.6 Å². The van der Waals surface area contributed by atoms with E-state index in [9.17, 15) is 0 Å². The van der Waals surface area contributed by atoms with Crippen molar-refractivity contribution in [1.82, 2.24) is 0 Å². The van der Waals surface area contributed by atoms with E-state index in [0.717, 1.165) is 11.4 Å². The summed E-state index contributed by atoms with van der Waals surface area (Å²) >= 11 is 12.3. The molecule has 100 valence electrons. The number of rotatable bonds is 5. The average molecular weight is 293 g/mol. The van der Waals surface area contributed by atoms with Crippen LogP contribution in [0.15, 0.2) is 48.5 Å². The van der Waals surface area contributed by atoms with Gasteiger partial charge in [0.2, 0.25) is 0 Å². The summed E-state index contributed by atoms with van der Waals surface area (Å²) in [5.74, 6) is 0. The Hall–Kier alpha value is -0.980. The number of hydrogen-bond acceptors (Lipinski definition) is 0. The summed E-state index contributed by atoms with van der Waals surface area (Å²) in [5, 5.41) is 0.889. The Labute approximate surface area is 125 Å². The van der Waals surface area contributed by atoms with Crippen LogP contribution in [0.3, 0.4) is 0 Å². The van der Waals surface area contributed by atoms with Gasteiger partial charge in [0.1, 0.15) is 0 Å². The Morgan fingerprint density at radius 2 is 1.42 bits per heavy atom. The van der Waals surface area contributed by atoms with Crippen LogP contribution in [-0.2, 0) is 0 Å². The zero-order chi connectivity index (χ0) is 13.7. The molecule has 0 N–H and O–H groups in total. The zero-order valence-corrected chi connectivity index (χ0v) is 12.6. The van der Waals surface area contributed by atoms with E-state index in [1.165, 1.54) is 29.5 Å². The lowest BCUT2D eigenvalue weighted by Crippen LogP contribution is -1.90. The predicted octanol–water partition coefficient (Wildman–Crippen LogP) is 6.48. The van der Waals surface area contributed by atoms with Gasteiger partial charge < -0.3 is 0 Å². The van der Waals surface area contributed by atoms with Gasteiger partial charge in [-0.1, -0.05) is 67.8 Å². The van der Waals surface area contributed by atoms with Gasteiger partial charge in [-0.2, -0.15) is 0 Å². The standard InChI is InChI=1S/C17H18Cl2/c1-2-3-4-17(19)15-7-5-13(6-8-15)14-9-11-16(18)12-10-14/h5-12,17H,2-4H2,1H3. The van der Waals surface area contributed by atoms with Crippen molar-refractivity contribution in [2.75, 3.05) is 0 Å². The highest BCUT2D eigenvalue weighted by molar-refractivity contribution is 6.30. The van der Waals surface area contributed by atoms with E-state index in [1.807, 2.05) is 24.3 Å². The molecule has 19 heavy (non-hydrogen) atoms. The van der Waals surface area contributed by atoms with E-state index < -0.39 is 0 Å². The minimum absolute atomic E-state index is 0.124. The first-order chi connectivity index (χ1) is 9.20. The van der Waals surface area contributed by atoms with E-state index >= 15 is 0 Å². The predicted molar refractivity (Wildman–Crippen MR) is 85.0 cm³/mol. The summed E-state index contributed by atoms with van der Waals surface area (Å²) in [5.41, 5.74) is 3.57. The van der Waals surface area contributed by atoms with Crippen LogP contribution in [0.4, 0.5) is 0 Å². The molecule has 1 unspecified atom stereocenters. The van der Waals surface area contributed by atoms with Crippen LogP contribution in [0.25, 0.3) is 11.1 Å². The van der Waals surface area contributed by atoms with Gasteiger partial charge >= 0.3 is 0 Å². The molecule has 2 heteroatoms. The highest BCUT2D eigenvalue weighted by Gasteiger charge is 2.07. The molecular formula is C17H18Cl2. The van der Waals surface area contributed by atoms with Crippen molar-refractivity contribution in [1.29, 1.82) is 0 Å². The molecule has 0 nitrogen and oxygen atoms in total. The van der Waals surface area contributed by atoms with Crippen LogP contribution in [0.5, 0.6) is 0 Å². The van der Waals surface area contributed by atoms with Crippen molar-refractivity contribution in [3.05, 3.63) is 59.1 Å². The van der Waals surface area contributed by atoms with Gasteiger partial charge in [-0.25, -0.2) is 0 Å². The Kier molecular flexibility index (Phi) is 5.30. The van der Waals surface area contributed by atoms with Gasteiger partial charge in [0, 0.05) is 5.02 Å². The van der Waals surface area contributed by atoms with Crippen molar-refractivity contribution in [3.8, 4) is 11.1 Å². The third-order valence-corrected chi connectivity index (χ3v) is 3.98. The summed E-state index contributed by atoms with van der Waals surface area (Å²) in [7, 11) is 0. The van der Waals surface area contributed by atoms with Crippen LogP contribution >= 0.6 is 23.2 Å². The molecule has 2 rings (SSSR count). The molecule has 0 heterocycles. The lowest BCUT2D eigenvalue weighted by molar-refractivity contribution is 0.701. The normalized spacial score (nSPS) is 12.4. The van der Waals surface area contributed by atoms with Crippen LogP contribution in [0.1, 0.15) is 37.1 Å². The number of benzene rings is 2. The molecule has 2 aromatic rings. The van der Waals surface area contributed by atoms with Gasteiger partial charge in [-0.05, 0) is 35.2 Å². The van der Waals surface area contributed by atoms with E-state index in [-0.39, 0.29) is 5.38 Å². The molecule has 0 fully saturated rings. The fourth-order valence-electron chi connectivity index (χ4n) is 2.08. The molecule has 0 amide bonds. The van der Waals surface area contributed by atoms with Crippen LogP contribution in [0.2, 0.25) is 5.02 Å². The largest absolute Gasteiger partial charge is 0.118 e. The van der Waals surface area contributed by atoms with Crippen LogP contribution in [-0.4, -0.2) is 0 Å². The highest BCUT2D eigenvalue weighted by atomic mass is 35.5. The van der Waals surface area contributed by atoms with E-state index in [2.05, 4.69) is 31.2 Å². The first kappa shape index (κ1) is 14.4. The fourth-order valence-corrected chi connectivity index (χ4v) is 2.50. The molecule has 0 aromatic heterocycles. The maximum absolute atomic E-state index is 6.39. The second-order valence-corrected chi connectivity index (χ2v) is 5.70. The molecule has 0 aliphatic rings. The number of hydrogen-bond donors (Lipinski definition) is 0. The lowest BCUT2D eigenvalue weighted by atomic mass is 10.0. The van der Waals surface area contributed by atoms with Gasteiger partial charge in [-0.3, -0.25) is 0 Å².